The van der Waals surface area contributed by atoms with Crippen molar-refractivity contribution in [1.29, 1.82) is 5.26 Å². The Bertz CT molecular complexity index is 973. The van der Waals surface area contributed by atoms with Crippen molar-refractivity contribution >= 4 is 23.1 Å². The van der Waals surface area contributed by atoms with Crippen LogP contribution in [0.2, 0.25) is 0 Å². The number of aromatic nitrogens is 2. The highest BCUT2D eigenvalue weighted by Gasteiger charge is 2.11. The number of carbonyl (C=O) groups is 1. The highest BCUT2D eigenvalue weighted by Crippen LogP contribution is 2.20. The van der Waals surface area contributed by atoms with Gasteiger partial charge in [-0.2, -0.15) is 5.26 Å². The molecule has 0 unspecified atom stereocenters. The molecule has 2 N–H and O–H groups in total. The van der Waals surface area contributed by atoms with Crippen LogP contribution in [0.15, 0.2) is 60.7 Å². The van der Waals surface area contributed by atoms with Gasteiger partial charge in [0, 0.05) is 5.69 Å². The average molecular weight is 357 g/mol. The summed E-state index contributed by atoms with van der Waals surface area (Å²) in [5, 5.41) is 22.9. The van der Waals surface area contributed by atoms with Gasteiger partial charge < -0.3 is 10.6 Å². The predicted octanol–water partition coefficient (Wildman–Crippen LogP) is 4.47. The summed E-state index contributed by atoms with van der Waals surface area (Å²) in [6, 6.07) is 20.2. The van der Waals surface area contributed by atoms with Crippen LogP contribution in [0.25, 0.3) is 0 Å². The maximum absolute atomic E-state index is 12.3. The van der Waals surface area contributed by atoms with Crippen LogP contribution in [-0.2, 0) is 0 Å². The molecule has 2 aromatic carbocycles. The molecule has 0 atom stereocenters. The van der Waals surface area contributed by atoms with Gasteiger partial charge in [0.2, 0.25) is 0 Å². The van der Waals surface area contributed by atoms with E-state index in [0.717, 1.165) is 5.69 Å². The average Bonchev–Trinajstić information content (AvgIpc) is 2.69. The molecule has 0 spiro atoms. The van der Waals surface area contributed by atoms with Gasteiger partial charge in [-0.25, -0.2) is 0 Å². The predicted molar refractivity (Wildman–Crippen MR) is 105 cm³/mol. The van der Waals surface area contributed by atoms with Gasteiger partial charge in [0.05, 0.1) is 11.3 Å². The van der Waals surface area contributed by atoms with Crippen molar-refractivity contribution in [2.45, 2.75) is 19.8 Å². The second kappa shape index (κ2) is 8.11. The summed E-state index contributed by atoms with van der Waals surface area (Å²) in [5.41, 5.74) is 3.16. The summed E-state index contributed by atoms with van der Waals surface area (Å²) in [6.07, 6.45) is 0. The first-order chi connectivity index (χ1) is 13.1. The summed E-state index contributed by atoms with van der Waals surface area (Å²) < 4.78 is 0. The zero-order chi connectivity index (χ0) is 19.2. The smallest absolute Gasteiger partial charge is 0.276 e. The molecular weight excluding hydrogens is 338 g/mol. The number of nitrogens with zero attached hydrogens (tertiary/aromatic N) is 3. The van der Waals surface area contributed by atoms with Crippen LogP contribution in [0.3, 0.4) is 0 Å². The van der Waals surface area contributed by atoms with Gasteiger partial charge in [0.1, 0.15) is 6.07 Å². The normalized spacial score (nSPS) is 10.3. The molecule has 1 heterocycles. The van der Waals surface area contributed by atoms with Gasteiger partial charge in [-0.3, -0.25) is 4.79 Å². The van der Waals surface area contributed by atoms with Crippen LogP contribution in [0, 0.1) is 11.3 Å². The summed E-state index contributed by atoms with van der Waals surface area (Å²) in [5.74, 6) is 0.599. The molecule has 134 valence electrons. The first-order valence-corrected chi connectivity index (χ1v) is 8.58. The molecule has 1 aromatic heterocycles. The molecule has 0 saturated carbocycles. The number of rotatable bonds is 5. The van der Waals surface area contributed by atoms with Gasteiger partial charge in [-0.1, -0.05) is 38.1 Å². The van der Waals surface area contributed by atoms with Gasteiger partial charge in [0.15, 0.2) is 11.5 Å². The fourth-order valence-electron chi connectivity index (χ4n) is 2.50. The zero-order valence-electron chi connectivity index (χ0n) is 15.1. The number of carbonyl (C=O) groups excluding carboxylic acids is 1. The Labute approximate surface area is 157 Å². The number of amides is 1. The van der Waals surface area contributed by atoms with Crippen molar-refractivity contribution in [1.82, 2.24) is 10.2 Å². The van der Waals surface area contributed by atoms with Gasteiger partial charge in [0.25, 0.3) is 5.91 Å². The lowest BCUT2D eigenvalue weighted by Gasteiger charge is -2.09. The monoisotopic (exact) mass is 357 g/mol. The first-order valence-electron chi connectivity index (χ1n) is 8.58. The largest absolute Gasteiger partial charge is 0.339 e. The Balaban J connectivity index is 1.67. The van der Waals surface area contributed by atoms with Crippen LogP contribution >= 0.6 is 0 Å². The van der Waals surface area contributed by atoms with E-state index in [2.05, 4.69) is 46.8 Å². The zero-order valence-corrected chi connectivity index (χ0v) is 15.1. The lowest BCUT2D eigenvalue weighted by atomic mass is 10.0. The van der Waals surface area contributed by atoms with Crippen molar-refractivity contribution in [3.05, 3.63) is 77.5 Å². The van der Waals surface area contributed by atoms with E-state index in [1.54, 1.807) is 36.4 Å². The maximum atomic E-state index is 12.3. The summed E-state index contributed by atoms with van der Waals surface area (Å²) >= 11 is 0. The van der Waals surface area contributed by atoms with Crippen LogP contribution in [0.4, 0.5) is 17.2 Å². The van der Waals surface area contributed by atoms with Crippen molar-refractivity contribution < 1.29 is 4.79 Å². The van der Waals surface area contributed by atoms with Gasteiger partial charge in [-0.05, 0) is 47.9 Å². The third-order valence-electron chi connectivity index (χ3n) is 4.04. The Kier molecular flexibility index (Phi) is 5.43. The lowest BCUT2D eigenvalue weighted by molar-refractivity contribution is 0.102. The molecule has 27 heavy (non-hydrogen) atoms. The molecule has 0 aliphatic heterocycles. The second-order valence-corrected chi connectivity index (χ2v) is 6.32. The van der Waals surface area contributed by atoms with E-state index in [1.165, 1.54) is 5.56 Å². The third-order valence-corrected chi connectivity index (χ3v) is 4.04. The number of nitriles is 1. The van der Waals surface area contributed by atoms with E-state index in [0.29, 0.717) is 23.0 Å². The minimum atomic E-state index is -0.418. The summed E-state index contributed by atoms with van der Waals surface area (Å²) in [6.45, 7) is 4.29. The number of para-hydroxylation sites is 1. The minimum Gasteiger partial charge on any atom is -0.339 e. The molecule has 6 heteroatoms. The number of benzene rings is 2. The van der Waals surface area contributed by atoms with Crippen LogP contribution in [0.1, 0.15) is 41.4 Å². The molecule has 0 aliphatic carbocycles. The van der Waals surface area contributed by atoms with Crippen molar-refractivity contribution in [3.63, 3.8) is 0 Å². The Morgan fingerprint density at radius 2 is 1.74 bits per heavy atom. The van der Waals surface area contributed by atoms with Crippen LogP contribution < -0.4 is 10.6 Å². The van der Waals surface area contributed by atoms with E-state index in [-0.39, 0.29) is 5.69 Å². The van der Waals surface area contributed by atoms with E-state index < -0.39 is 5.91 Å². The molecule has 0 bridgehead atoms. The van der Waals surface area contributed by atoms with Crippen LogP contribution in [-0.4, -0.2) is 16.1 Å². The Morgan fingerprint density at radius 3 is 2.37 bits per heavy atom. The SMILES string of the molecule is CC(C)c1ccc(Nc2ccc(C(=O)Nc3ccccc3C#N)nn2)cc1. The first kappa shape index (κ1) is 18.1. The molecule has 0 radical (unpaired) electrons. The molecule has 0 saturated heterocycles. The lowest BCUT2D eigenvalue weighted by Crippen LogP contribution is -2.15. The summed E-state index contributed by atoms with van der Waals surface area (Å²) in [7, 11) is 0. The fourth-order valence-corrected chi connectivity index (χ4v) is 2.50. The summed E-state index contributed by atoms with van der Waals surface area (Å²) in [4.78, 5) is 12.3. The van der Waals surface area contributed by atoms with Crippen LogP contribution in [0.5, 0.6) is 0 Å². The molecule has 3 rings (SSSR count). The molecule has 6 nitrogen and oxygen atoms in total. The Morgan fingerprint density at radius 1 is 1.00 bits per heavy atom. The highest BCUT2D eigenvalue weighted by molar-refractivity contribution is 6.03. The topological polar surface area (TPSA) is 90.7 Å². The van der Waals surface area contributed by atoms with E-state index in [1.807, 2.05) is 18.2 Å². The minimum absolute atomic E-state index is 0.170. The van der Waals surface area contributed by atoms with Gasteiger partial charge in [-0.15, -0.1) is 10.2 Å². The van der Waals surface area contributed by atoms with E-state index in [9.17, 15) is 4.79 Å². The quantitative estimate of drug-likeness (QED) is 0.703. The number of anilines is 3. The molecule has 3 aromatic rings. The van der Waals surface area contributed by atoms with Gasteiger partial charge >= 0.3 is 0 Å². The molecular formula is C21H19N5O. The molecule has 1 amide bonds. The number of hydrogen-bond acceptors (Lipinski definition) is 5. The van der Waals surface area contributed by atoms with E-state index >= 15 is 0 Å². The number of hydrogen-bond donors (Lipinski definition) is 2. The van der Waals surface area contributed by atoms with E-state index in [4.69, 9.17) is 5.26 Å². The molecule has 0 fully saturated rings. The van der Waals surface area contributed by atoms with Crippen molar-refractivity contribution in [2.24, 2.45) is 0 Å². The second-order valence-electron chi connectivity index (χ2n) is 6.32. The van der Waals surface area contributed by atoms with Crippen molar-refractivity contribution in [3.8, 4) is 6.07 Å². The Hall–Kier alpha value is -3.72. The molecule has 0 aliphatic rings. The third kappa shape index (κ3) is 4.47. The fraction of sp³-hybridized carbons (Fsp3) is 0.143. The highest BCUT2D eigenvalue weighted by atomic mass is 16.1. The number of nitrogens with one attached hydrogen (secondary N) is 2. The van der Waals surface area contributed by atoms with Crippen molar-refractivity contribution in [2.75, 3.05) is 10.6 Å². The maximum Gasteiger partial charge on any atom is 0.276 e. The standard InChI is InChI=1S/C21H19N5O/c1-14(2)15-7-9-17(10-8-15)23-20-12-11-19(25-26-20)21(27)24-18-6-4-3-5-16(18)13-22/h3-12,14H,1-2H3,(H,23,26)(H,24,27).